The molecule has 3 heteroatoms. The minimum atomic E-state index is -0.286. The van der Waals surface area contributed by atoms with Crippen molar-refractivity contribution >= 4 is 17.3 Å². The molecule has 0 saturated heterocycles. The first-order valence-electron chi connectivity index (χ1n) is 6.28. The third-order valence-electron chi connectivity index (χ3n) is 3.89. The first kappa shape index (κ1) is 12.7. The van der Waals surface area contributed by atoms with E-state index in [9.17, 15) is 4.39 Å². The quantitative estimate of drug-likeness (QED) is 0.807. The summed E-state index contributed by atoms with van der Waals surface area (Å²) in [5.41, 5.74) is 0.847. The van der Waals surface area contributed by atoms with E-state index in [2.05, 4.69) is 19.2 Å². The summed E-state index contributed by atoms with van der Waals surface area (Å²) in [6, 6.07) is 4.99. The second-order valence-corrected chi connectivity index (χ2v) is 5.64. The van der Waals surface area contributed by atoms with Crippen LogP contribution in [0.15, 0.2) is 18.2 Å². The topological polar surface area (TPSA) is 12.0 Å². The molecular formula is C14H19ClFN. The van der Waals surface area contributed by atoms with Crippen molar-refractivity contribution in [3.05, 3.63) is 29.0 Å². The number of anilines is 1. The summed E-state index contributed by atoms with van der Waals surface area (Å²) in [5, 5.41) is 3.90. The summed E-state index contributed by atoms with van der Waals surface area (Å²) in [4.78, 5) is 0. The van der Waals surface area contributed by atoms with Crippen LogP contribution in [0.4, 0.5) is 10.1 Å². The van der Waals surface area contributed by atoms with E-state index in [1.54, 1.807) is 6.07 Å². The van der Waals surface area contributed by atoms with Crippen LogP contribution < -0.4 is 5.32 Å². The lowest BCUT2D eigenvalue weighted by Gasteiger charge is -2.33. The summed E-state index contributed by atoms with van der Waals surface area (Å²) in [7, 11) is 0. The second kappa shape index (κ2) is 5.26. The molecule has 2 rings (SSSR count). The molecular weight excluding hydrogens is 237 g/mol. The van der Waals surface area contributed by atoms with E-state index in [1.165, 1.54) is 25.0 Å². The summed E-state index contributed by atoms with van der Waals surface area (Å²) < 4.78 is 12.9. The lowest BCUT2D eigenvalue weighted by Crippen LogP contribution is -2.30. The Labute approximate surface area is 107 Å². The number of halogens is 2. The fourth-order valence-electron chi connectivity index (χ4n) is 2.51. The second-order valence-electron chi connectivity index (χ2n) is 5.23. The van der Waals surface area contributed by atoms with Crippen molar-refractivity contribution in [2.45, 2.75) is 39.2 Å². The molecule has 1 saturated carbocycles. The molecule has 0 aliphatic heterocycles. The predicted molar refractivity (Wildman–Crippen MR) is 71.0 cm³/mol. The number of rotatable bonds is 2. The lowest BCUT2D eigenvalue weighted by molar-refractivity contribution is 0.261. The summed E-state index contributed by atoms with van der Waals surface area (Å²) in [6.07, 6.45) is 3.58. The van der Waals surface area contributed by atoms with Crippen LogP contribution in [-0.2, 0) is 0 Å². The molecule has 1 aliphatic rings. The molecule has 3 atom stereocenters. The van der Waals surface area contributed by atoms with Gasteiger partial charge in [-0.3, -0.25) is 0 Å². The fraction of sp³-hybridized carbons (Fsp3) is 0.571. The van der Waals surface area contributed by atoms with Gasteiger partial charge in [-0.25, -0.2) is 4.39 Å². The molecule has 0 bridgehead atoms. The minimum absolute atomic E-state index is 0.286. The molecule has 17 heavy (non-hydrogen) atoms. The standard InChI is InChI=1S/C14H19ClFN/c1-9-3-5-12(7-10(9)2)17-14-6-4-11(16)8-13(14)15/h4,6,8-10,12,17H,3,5,7H2,1-2H3. The van der Waals surface area contributed by atoms with Crippen molar-refractivity contribution in [3.63, 3.8) is 0 Å². The largest absolute Gasteiger partial charge is 0.381 e. The molecule has 1 aliphatic carbocycles. The van der Waals surface area contributed by atoms with Crippen LogP contribution in [0.1, 0.15) is 33.1 Å². The van der Waals surface area contributed by atoms with Gasteiger partial charge in [0.05, 0.1) is 10.7 Å². The highest BCUT2D eigenvalue weighted by Crippen LogP contribution is 2.32. The van der Waals surface area contributed by atoms with Crippen LogP contribution in [0, 0.1) is 17.7 Å². The van der Waals surface area contributed by atoms with Crippen molar-refractivity contribution in [3.8, 4) is 0 Å². The number of benzene rings is 1. The molecule has 0 spiro atoms. The van der Waals surface area contributed by atoms with Gasteiger partial charge in [-0.15, -0.1) is 0 Å². The van der Waals surface area contributed by atoms with E-state index in [4.69, 9.17) is 11.6 Å². The Kier molecular flexibility index (Phi) is 3.93. The lowest BCUT2D eigenvalue weighted by atomic mass is 9.79. The molecule has 1 aromatic carbocycles. The predicted octanol–water partition coefficient (Wildman–Crippen LogP) is 4.72. The first-order chi connectivity index (χ1) is 8.06. The monoisotopic (exact) mass is 255 g/mol. The number of nitrogens with one attached hydrogen (secondary N) is 1. The maximum absolute atomic E-state index is 12.9. The van der Waals surface area contributed by atoms with Gasteiger partial charge < -0.3 is 5.32 Å². The molecule has 0 heterocycles. The highest BCUT2D eigenvalue weighted by atomic mass is 35.5. The van der Waals surface area contributed by atoms with E-state index in [-0.39, 0.29) is 5.82 Å². The van der Waals surface area contributed by atoms with Crippen molar-refractivity contribution in [2.24, 2.45) is 11.8 Å². The SMILES string of the molecule is CC1CCC(Nc2ccc(F)cc2Cl)CC1C. The normalized spacial score (nSPS) is 29.1. The minimum Gasteiger partial charge on any atom is -0.381 e. The average molecular weight is 256 g/mol. The molecule has 3 unspecified atom stereocenters. The zero-order valence-corrected chi connectivity index (χ0v) is 11.1. The maximum atomic E-state index is 12.9. The maximum Gasteiger partial charge on any atom is 0.124 e. The van der Waals surface area contributed by atoms with Crippen LogP contribution in [-0.4, -0.2) is 6.04 Å². The van der Waals surface area contributed by atoms with Crippen LogP contribution in [0.25, 0.3) is 0 Å². The Bertz CT molecular complexity index is 394. The molecule has 1 nitrogen and oxygen atoms in total. The summed E-state index contributed by atoms with van der Waals surface area (Å²) in [6.45, 7) is 4.61. The van der Waals surface area contributed by atoms with Gasteiger partial charge in [0.1, 0.15) is 5.82 Å². The zero-order chi connectivity index (χ0) is 12.4. The average Bonchev–Trinajstić information content (AvgIpc) is 2.27. The smallest absolute Gasteiger partial charge is 0.124 e. The van der Waals surface area contributed by atoms with E-state index in [1.807, 2.05) is 0 Å². The van der Waals surface area contributed by atoms with Gasteiger partial charge in [-0.1, -0.05) is 25.4 Å². The molecule has 0 aromatic heterocycles. The van der Waals surface area contributed by atoms with Gasteiger partial charge in [-0.05, 0) is 49.3 Å². The van der Waals surface area contributed by atoms with Gasteiger partial charge >= 0.3 is 0 Å². The Hall–Kier alpha value is -0.760. The first-order valence-corrected chi connectivity index (χ1v) is 6.65. The van der Waals surface area contributed by atoms with Gasteiger partial charge in [0.15, 0.2) is 0 Å². The Balaban J connectivity index is 2.01. The van der Waals surface area contributed by atoms with Crippen LogP contribution in [0.3, 0.4) is 0 Å². The van der Waals surface area contributed by atoms with Crippen molar-refractivity contribution in [2.75, 3.05) is 5.32 Å². The van der Waals surface area contributed by atoms with Crippen LogP contribution in [0.2, 0.25) is 5.02 Å². The Morgan fingerprint density at radius 2 is 2.00 bits per heavy atom. The Morgan fingerprint density at radius 3 is 2.65 bits per heavy atom. The molecule has 1 aromatic rings. The van der Waals surface area contributed by atoms with Gasteiger partial charge in [0.2, 0.25) is 0 Å². The van der Waals surface area contributed by atoms with E-state index < -0.39 is 0 Å². The van der Waals surface area contributed by atoms with Crippen molar-refractivity contribution in [1.29, 1.82) is 0 Å². The molecule has 94 valence electrons. The van der Waals surface area contributed by atoms with Gasteiger partial charge in [-0.2, -0.15) is 0 Å². The number of hydrogen-bond donors (Lipinski definition) is 1. The third kappa shape index (κ3) is 3.12. The third-order valence-corrected chi connectivity index (χ3v) is 4.20. The van der Waals surface area contributed by atoms with Crippen molar-refractivity contribution < 1.29 is 4.39 Å². The van der Waals surface area contributed by atoms with Gasteiger partial charge in [0, 0.05) is 6.04 Å². The summed E-state index contributed by atoms with van der Waals surface area (Å²) in [5.74, 6) is 1.25. The summed E-state index contributed by atoms with van der Waals surface area (Å²) >= 11 is 6.01. The van der Waals surface area contributed by atoms with Crippen LogP contribution in [0.5, 0.6) is 0 Å². The highest BCUT2D eigenvalue weighted by Gasteiger charge is 2.24. The molecule has 1 fully saturated rings. The molecule has 0 radical (unpaired) electrons. The molecule has 0 amide bonds. The van der Waals surface area contributed by atoms with E-state index in [0.717, 1.165) is 23.9 Å². The fourth-order valence-corrected chi connectivity index (χ4v) is 2.73. The highest BCUT2D eigenvalue weighted by molar-refractivity contribution is 6.33. The number of hydrogen-bond acceptors (Lipinski definition) is 1. The Morgan fingerprint density at radius 1 is 1.24 bits per heavy atom. The van der Waals surface area contributed by atoms with Crippen molar-refractivity contribution in [1.82, 2.24) is 0 Å². The van der Waals surface area contributed by atoms with E-state index >= 15 is 0 Å². The van der Waals surface area contributed by atoms with Crippen LogP contribution >= 0.6 is 11.6 Å². The van der Waals surface area contributed by atoms with E-state index in [0.29, 0.717) is 11.1 Å². The molecule has 1 N–H and O–H groups in total. The van der Waals surface area contributed by atoms with Gasteiger partial charge in [0.25, 0.3) is 0 Å². The zero-order valence-electron chi connectivity index (χ0n) is 10.3.